The first-order valence-corrected chi connectivity index (χ1v) is 24.3. The summed E-state index contributed by atoms with van der Waals surface area (Å²) in [6, 6.07) is 2.69. The minimum Gasteiger partial charge on any atom is -0.420 e. The Hall–Kier alpha value is 0.528. The van der Waals surface area contributed by atoms with Crippen molar-refractivity contribution in [3.8, 4) is 0 Å². The van der Waals surface area contributed by atoms with E-state index in [1.807, 2.05) is 6.92 Å². The predicted molar refractivity (Wildman–Crippen MR) is 129 cm³/mol. The molecule has 1 aliphatic rings. The molecule has 0 saturated carbocycles. The molecule has 6 heteroatoms. The van der Waals surface area contributed by atoms with Crippen LogP contribution in [0.4, 0.5) is 0 Å². The van der Waals surface area contributed by atoms with Crippen LogP contribution in [-0.4, -0.2) is 49.6 Å². The second kappa shape index (κ2) is 8.49. The van der Waals surface area contributed by atoms with Crippen molar-refractivity contribution < 1.29 is 9.16 Å². The molecule has 1 atom stereocenters. The van der Waals surface area contributed by atoms with Crippen molar-refractivity contribution in [2.75, 3.05) is 13.2 Å². The van der Waals surface area contributed by atoms with Crippen LogP contribution in [0.1, 0.15) is 26.2 Å². The van der Waals surface area contributed by atoms with Crippen LogP contribution in [0.15, 0.2) is 12.2 Å². The van der Waals surface area contributed by atoms with Crippen LogP contribution in [0.2, 0.25) is 71.0 Å². The molecule has 0 amide bonds. The van der Waals surface area contributed by atoms with E-state index in [0.29, 0.717) is 6.61 Å². The van der Waals surface area contributed by atoms with Gasteiger partial charge < -0.3 is 9.16 Å². The highest BCUT2D eigenvalue weighted by Crippen LogP contribution is 2.49. The van der Waals surface area contributed by atoms with Crippen LogP contribution >= 0.6 is 0 Å². The minimum atomic E-state index is -1.71. The van der Waals surface area contributed by atoms with Gasteiger partial charge in [0, 0.05) is 11.5 Å². The lowest BCUT2D eigenvalue weighted by Crippen LogP contribution is -2.77. The summed E-state index contributed by atoms with van der Waals surface area (Å²) >= 11 is 0. The summed E-state index contributed by atoms with van der Waals surface area (Å²) < 4.78 is 13.5. The largest absolute Gasteiger partial charge is 0.420 e. The van der Waals surface area contributed by atoms with E-state index in [-0.39, 0.29) is 4.85 Å². The molecular formula is C20H46O2Si4. The quantitative estimate of drug-likeness (QED) is 0.232. The first-order chi connectivity index (χ1) is 11.6. The molecule has 0 spiro atoms. The zero-order valence-electron chi connectivity index (χ0n) is 19.5. The Morgan fingerprint density at radius 1 is 1.04 bits per heavy atom. The highest BCUT2D eigenvalue weighted by Gasteiger charge is 2.62. The van der Waals surface area contributed by atoms with Crippen LogP contribution in [0.25, 0.3) is 0 Å². The zero-order valence-corrected chi connectivity index (χ0v) is 23.5. The molecule has 1 aliphatic heterocycles. The summed E-state index contributed by atoms with van der Waals surface area (Å²) in [5, 5.41) is 0. The van der Waals surface area contributed by atoms with Gasteiger partial charge >= 0.3 is 0 Å². The second-order valence-corrected chi connectivity index (χ2v) is 37.7. The van der Waals surface area contributed by atoms with E-state index in [2.05, 4.69) is 65.5 Å². The molecule has 26 heavy (non-hydrogen) atoms. The fraction of sp³-hybridized carbons (Fsp3) is 0.900. The first-order valence-electron chi connectivity index (χ1n) is 10.5. The molecule has 2 nitrogen and oxygen atoms in total. The Morgan fingerprint density at radius 3 is 2.00 bits per heavy atom. The van der Waals surface area contributed by atoms with Crippen LogP contribution < -0.4 is 0 Å². The molecule has 1 heterocycles. The van der Waals surface area contributed by atoms with Gasteiger partial charge in [-0.3, -0.25) is 0 Å². The Bertz CT molecular complexity index is 472. The van der Waals surface area contributed by atoms with Gasteiger partial charge in [-0.1, -0.05) is 77.5 Å². The van der Waals surface area contributed by atoms with Gasteiger partial charge in [-0.25, -0.2) is 0 Å². The molecule has 0 bridgehead atoms. The van der Waals surface area contributed by atoms with Crippen molar-refractivity contribution in [2.24, 2.45) is 0 Å². The average molecular weight is 431 g/mol. The van der Waals surface area contributed by atoms with E-state index in [0.717, 1.165) is 18.6 Å². The summed E-state index contributed by atoms with van der Waals surface area (Å²) in [6.45, 7) is 30.7. The summed E-state index contributed by atoms with van der Waals surface area (Å²) in [7, 11) is -5.91. The van der Waals surface area contributed by atoms with E-state index >= 15 is 0 Å². The maximum Gasteiger partial charge on any atom is 0.179 e. The van der Waals surface area contributed by atoms with Gasteiger partial charge in [-0.2, -0.15) is 0 Å². The topological polar surface area (TPSA) is 18.5 Å². The van der Waals surface area contributed by atoms with Crippen molar-refractivity contribution in [3.63, 3.8) is 0 Å². The van der Waals surface area contributed by atoms with Gasteiger partial charge in [0.2, 0.25) is 0 Å². The maximum atomic E-state index is 7.63. The lowest BCUT2D eigenvalue weighted by atomic mass is 10.3. The lowest BCUT2D eigenvalue weighted by molar-refractivity contribution is 0.149. The second-order valence-electron chi connectivity index (χ2n) is 11.6. The van der Waals surface area contributed by atoms with Gasteiger partial charge in [0.15, 0.2) is 7.83 Å². The molecule has 0 aromatic carbocycles. The third-order valence-corrected chi connectivity index (χ3v) is 32.7. The van der Waals surface area contributed by atoms with E-state index in [4.69, 9.17) is 9.16 Å². The third-order valence-electron chi connectivity index (χ3n) is 6.49. The minimum absolute atomic E-state index is 0.253. The first kappa shape index (κ1) is 24.6. The van der Waals surface area contributed by atoms with E-state index < -0.39 is 31.6 Å². The molecule has 1 unspecified atom stereocenters. The molecule has 1 fully saturated rings. The molecule has 154 valence electrons. The fourth-order valence-electron chi connectivity index (χ4n) is 5.02. The molecular weight excluding hydrogens is 385 g/mol. The summed E-state index contributed by atoms with van der Waals surface area (Å²) in [6.07, 6.45) is 3.89. The number of hydrogen-bond acceptors (Lipinski definition) is 2. The summed E-state index contributed by atoms with van der Waals surface area (Å²) in [5.74, 6) is 0. The van der Waals surface area contributed by atoms with Crippen molar-refractivity contribution in [1.29, 1.82) is 0 Å². The SMILES string of the molecule is C=C(C)COCCC[Si]1([Si](C)(C)C)CCCC([Si](C)(C)C)([Si](C)(C)C)O1. The van der Waals surface area contributed by atoms with Gasteiger partial charge in [0.05, 0.1) is 30.3 Å². The van der Waals surface area contributed by atoms with E-state index in [9.17, 15) is 0 Å². The van der Waals surface area contributed by atoms with Gasteiger partial charge in [-0.05, 0) is 31.9 Å². The highest BCUT2D eigenvalue weighted by molar-refractivity contribution is 7.39. The Kier molecular flexibility index (Phi) is 8.02. The van der Waals surface area contributed by atoms with Crippen molar-refractivity contribution >= 4 is 31.6 Å². The molecule has 0 aromatic rings. The van der Waals surface area contributed by atoms with E-state index in [1.54, 1.807) is 0 Å². The molecule has 0 radical (unpaired) electrons. The zero-order chi connectivity index (χ0) is 20.4. The lowest BCUT2D eigenvalue weighted by Gasteiger charge is -2.61. The summed E-state index contributed by atoms with van der Waals surface area (Å²) in [4.78, 5) is 0.253. The van der Waals surface area contributed by atoms with Crippen LogP contribution in [0, 0.1) is 0 Å². The molecule has 0 aliphatic carbocycles. The molecule has 0 N–H and O–H groups in total. The fourth-order valence-corrected chi connectivity index (χ4v) is 31.6. The van der Waals surface area contributed by atoms with Crippen molar-refractivity contribution in [2.45, 2.75) is 102 Å². The number of hydrogen-bond donors (Lipinski definition) is 0. The molecule has 0 aromatic heterocycles. The Labute approximate surface area is 168 Å². The smallest absolute Gasteiger partial charge is 0.179 e. The normalized spacial score (nSPS) is 24.5. The Morgan fingerprint density at radius 2 is 1.58 bits per heavy atom. The van der Waals surface area contributed by atoms with Crippen molar-refractivity contribution in [1.82, 2.24) is 0 Å². The number of ether oxygens (including phenoxy) is 1. The predicted octanol–water partition coefficient (Wildman–Crippen LogP) is 6.64. The van der Waals surface area contributed by atoms with Gasteiger partial charge in [0.1, 0.15) is 0 Å². The van der Waals surface area contributed by atoms with Crippen molar-refractivity contribution in [3.05, 3.63) is 12.2 Å². The highest BCUT2D eigenvalue weighted by atomic mass is 29.3. The van der Waals surface area contributed by atoms with Crippen LogP contribution in [-0.2, 0) is 9.16 Å². The summed E-state index contributed by atoms with van der Waals surface area (Å²) in [5.41, 5.74) is 1.12. The van der Waals surface area contributed by atoms with Gasteiger partial charge in [0.25, 0.3) is 0 Å². The molecule has 1 saturated heterocycles. The standard InChI is InChI=1S/C20H46O2Si4/c1-19(2)18-21-15-13-17-26(25(9,10)11)16-12-14-20(22-26,23(3,4)5)24(6,7)8/h1,12-18H2,2-11H3. The monoisotopic (exact) mass is 430 g/mol. The Balaban J connectivity index is 3.09. The van der Waals surface area contributed by atoms with Crippen LogP contribution in [0.3, 0.4) is 0 Å². The van der Waals surface area contributed by atoms with E-state index in [1.165, 1.54) is 24.9 Å². The maximum absolute atomic E-state index is 7.63. The average Bonchev–Trinajstić information content (AvgIpc) is 2.43. The number of rotatable bonds is 9. The van der Waals surface area contributed by atoms with Crippen LogP contribution in [0.5, 0.6) is 0 Å². The molecule has 1 rings (SSSR count). The third kappa shape index (κ3) is 5.32. The van der Waals surface area contributed by atoms with Gasteiger partial charge in [-0.15, -0.1) is 0 Å².